The van der Waals surface area contributed by atoms with Crippen molar-refractivity contribution >= 4 is 37.2 Å². The molecular formula is C32H23N3S. The van der Waals surface area contributed by atoms with Crippen LogP contribution in [0.1, 0.15) is 23.2 Å². The Kier molecular flexibility index (Phi) is 5.11. The number of hydrogen-bond donors (Lipinski definition) is 0. The fraction of sp³-hybridized carbons (Fsp3) is 0.0625. The van der Waals surface area contributed by atoms with Crippen molar-refractivity contribution in [3.05, 3.63) is 139 Å². The van der Waals surface area contributed by atoms with Gasteiger partial charge in [0, 0.05) is 20.2 Å². The van der Waals surface area contributed by atoms with Gasteiger partial charge in [0.1, 0.15) is 12.1 Å². The summed E-state index contributed by atoms with van der Waals surface area (Å²) >= 11 is 1.86. The molecule has 36 heavy (non-hydrogen) atoms. The number of fused-ring (bicyclic) bond motifs is 3. The van der Waals surface area contributed by atoms with Gasteiger partial charge in [0.2, 0.25) is 0 Å². The van der Waals surface area contributed by atoms with Crippen molar-refractivity contribution in [3.8, 4) is 11.1 Å². The highest BCUT2D eigenvalue weighted by molar-refractivity contribution is 7.26. The lowest BCUT2D eigenvalue weighted by Crippen LogP contribution is -2.22. The second-order valence-electron chi connectivity index (χ2n) is 9.09. The van der Waals surface area contributed by atoms with E-state index in [2.05, 4.69) is 132 Å². The molecule has 3 nitrogen and oxygen atoms in total. The summed E-state index contributed by atoms with van der Waals surface area (Å²) in [5.74, 6) is 0. The van der Waals surface area contributed by atoms with Gasteiger partial charge in [-0.05, 0) is 40.5 Å². The highest BCUT2D eigenvalue weighted by Gasteiger charge is 2.36. The summed E-state index contributed by atoms with van der Waals surface area (Å²) in [6.45, 7) is 0. The third-order valence-electron chi connectivity index (χ3n) is 6.96. The molecule has 0 saturated carbocycles. The topological polar surface area (TPSA) is 28.0 Å². The number of nitrogens with zero attached hydrogens (tertiary/aromatic N) is 3. The van der Waals surface area contributed by atoms with E-state index in [0.29, 0.717) is 0 Å². The summed E-state index contributed by atoms with van der Waals surface area (Å²) in [6, 6.07) is 45.0. The maximum absolute atomic E-state index is 4.72. The minimum absolute atomic E-state index is 0.00507. The average molecular weight is 482 g/mol. The van der Waals surface area contributed by atoms with Gasteiger partial charge in [-0.2, -0.15) is 5.11 Å². The average Bonchev–Trinajstić information content (AvgIpc) is 3.56. The molecule has 1 aromatic heterocycles. The molecule has 172 valence electrons. The Labute approximate surface area is 214 Å². The smallest absolute Gasteiger partial charge is 0.124 e. The molecule has 0 aliphatic carbocycles. The molecule has 2 unspecified atom stereocenters. The monoisotopic (exact) mass is 481 g/mol. The number of anilines is 1. The number of hydrogen-bond acceptors (Lipinski definition) is 4. The Morgan fingerprint density at radius 3 is 2.03 bits per heavy atom. The third kappa shape index (κ3) is 3.50. The van der Waals surface area contributed by atoms with Crippen molar-refractivity contribution in [3.63, 3.8) is 0 Å². The zero-order chi connectivity index (χ0) is 23.9. The molecule has 0 bridgehead atoms. The Bertz CT molecular complexity index is 1690. The van der Waals surface area contributed by atoms with Gasteiger partial charge >= 0.3 is 0 Å². The van der Waals surface area contributed by atoms with Crippen LogP contribution in [-0.2, 0) is 0 Å². The summed E-state index contributed by atoms with van der Waals surface area (Å²) in [5, 5.41) is 14.1. The molecule has 4 heteroatoms. The highest BCUT2D eigenvalue weighted by atomic mass is 32.1. The standard InChI is InChI=1S/C32H23N3S/c1-3-10-23(11-4-1)30-31(24-12-5-2-6-13-24)35(34-33-30)25-20-18-22(19-21-25)26-15-9-16-28-27-14-7-8-17-29(27)36-32(26)28/h1-21,30-31H. The summed E-state index contributed by atoms with van der Waals surface area (Å²) in [6.07, 6.45) is 0. The van der Waals surface area contributed by atoms with Crippen molar-refractivity contribution in [2.75, 3.05) is 5.01 Å². The van der Waals surface area contributed by atoms with Gasteiger partial charge in [0.05, 0.1) is 5.69 Å². The Morgan fingerprint density at radius 1 is 0.583 bits per heavy atom. The molecule has 6 aromatic rings. The molecule has 0 saturated heterocycles. The van der Waals surface area contributed by atoms with E-state index >= 15 is 0 Å². The molecule has 5 aromatic carbocycles. The maximum Gasteiger partial charge on any atom is 0.124 e. The van der Waals surface area contributed by atoms with Gasteiger partial charge in [0.25, 0.3) is 0 Å². The lowest BCUT2D eigenvalue weighted by molar-refractivity contribution is 0.606. The van der Waals surface area contributed by atoms with E-state index in [1.807, 2.05) is 17.4 Å². The largest absolute Gasteiger partial charge is 0.237 e. The minimum Gasteiger partial charge on any atom is -0.237 e. The van der Waals surface area contributed by atoms with Gasteiger partial charge in [-0.25, -0.2) is 5.01 Å². The van der Waals surface area contributed by atoms with Crippen LogP contribution in [-0.4, -0.2) is 0 Å². The van der Waals surface area contributed by atoms with Crippen LogP contribution in [0, 0.1) is 0 Å². The van der Waals surface area contributed by atoms with Crippen LogP contribution in [0.25, 0.3) is 31.3 Å². The fourth-order valence-electron chi connectivity index (χ4n) is 5.22. The Hall–Kier alpha value is -4.28. The Morgan fingerprint density at radius 2 is 1.25 bits per heavy atom. The van der Waals surface area contributed by atoms with Crippen LogP contribution in [0.4, 0.5) is 5.69 Å². The van der Waals surface area contributed by atoms with Gasteiger partial charge in [-0.1, -0.05) is 114 Å². The van der Waals surface area contributed by atoms with Gasteiger partial charge < -0.3 is 0 Å². The van der Waals surface area contributed by atoms with Crippen LogP contribution in [0.15, 0.2) is 138 Å². The first-order chi connectivity index (χ1) is 17.9. The van der Waals surface area contributed by atoms with Crippen LogP contribution in [0.3, 0.4) is 0 Å². The lowest BCUT2D eigenvalue weighted by Gasteiger charge is -2.26. The molecule has 0 fully saturated rings. The van der Waals surface area contributed by atoms with E-state index in [0.717, 1.165) is 5.69 Å². The number of thiophene rings is 1. The second-order valence-corrected chi connectivity index (χ2v) is 10.1. The van der Waals surface area contributed by atoms with E-state index in [4.69, 9.17) is 5.11 Å². The van der Waals surface area contributed by atoms with Crippen LogP contribution >= 0.6 is 11.3 Å². The number of benzene rings is 5. The van der Waals surface area contributed by atoms with Crippen molar-refractivity contribution in [1.82, 2.24) is 0 Å². The first-order valence-electron chi connectivity index (χ1n) is 12.2. The minimum atomic E-state index is -0.0550. The summed E-state index contributed by atoms with van der Waals surface area (Å²) in [7, 11) is 0. The zero-order valence-electron chi connectivity index (χ0n) is 19.5. The molecule has 1 aliphatic heterocycles. The molecular weight excluding hydrogens is 458 g/mol. The summed E-state index contributed by atoms with van der Waals surface area (Å²) in [4.78, 5) is 0. The highest BCUT2D eigenvalue weighted by Crippen LogP contribution is 2.45. The first kappa shape index (κ1) is 21.0. The molecule has 2 heterocycles. The van der Waals surface area contributed by atoms with Crippen molar-refractivity contribution in [2.45, 2.75) is 12.1 Å². The molecule has 0 N–H and O–H groups in total. The van der Waals surface area contributed by atoms with Crippen LogP contribution in [0.2, 0.25) is 0 Å². The van der Waals surface area contributed by atoms with Gasteiger partial charge in [-0.15, -0.1) is 11.3 Å². The molecule has 7 rings (SSSR count). The first-order valence-corrected chi connectivity index (χ1v) is 13.0. The predicted molar refractivity (Wildman–Crippen MR) is 150 cm³/mol. The summed E-state index contributed by atoms with van der Waals surface area (Å²) in [5.41, 5.74) is 5.90. The van der Waals surface area contributed by atoms with E-state index in [1.54, 1.807) is 0 Å². The van der Waals surface area contributed by atoms with E-state index in [9.17, 15) is 0 Å². The molecule has 0 amide bonds. The normalized spacial score (nSPS) is 17.3. The van der Waals surface area contributed by atoms with Gasteiger partial charge in [-0.3, -0.25) is 0 Å². The summed E-state index contributed by atoms with van der Waals surface area (Å²) < 4.78 is 2.66. The Balaban J connectivity index is 1.27. The predicted octanol–water partition coefficient (Wildman–Crippen LogP) is 9.39. The van der Waals surface area contributed by atoms with E-state index in [1.165, 1.54) is 42.4 Å². The number of rotatable bonds is 4. The molecule has 2 atom stereocenters. The van der Waals surface area contributed by atoms with E-state index < -0.39 is 0 Å². The third-order valence-corrected chi connectivity index (χ3v) is 8.18. The zero-order valence-corrected chi connectivity index (χ0v) is 20.3. The van der Waals surface area contributed by atoms with Crippen molar-refractivity contribution in [1.29, 1.82) is 0 Å². The maximum atomic E-state index is 4.72. The van der Waals surface area contributed by atoms with Gasteiger partial charge in [0.15, 0.2) is 0 Å². The van der Waals surface area contributed by atoms with Crippen LogP contribution in [0.5, 0.6) is 0 Å². The van der Waals surface area contributed by atoms with Crippen LogP contribution < -0.4 is 5.01 Å². The van der Waals surface area contributed by atoms with Crippen molar-refractivity contribution in [2.24, 2.45) is 10.3 Å². The second kappa shape index (κ2) is 8.74. The molecule has 0 radical (unpaired) electrons. The molecule has 1 aliphatic rings. The molecule has 0 spiro atoms. The quantitative estimate of drug-likeness (QED) is 0.246. The lowest BCUT2D eigenvalue weighted by atomic mass is 9.93. The van der Waals surface area contributed by atoms with Crippen molar-refractivity contribution < 1.29 is 0 Å². The fourth-order valence-corrected chi connectivity index (χ4v) is 6.46. The SMILES string of the molecule is c1ccc(C2N=NN(c3ccc(-c4cccc5c4sc4ccccc45)cc3)C2c2ccccc2)cc1. The van der Waals surface area contributed by atoms with E-state index in [-0.39, 0.29) is 12.1 Å².